The molecule has 0 spiro atoms. The van der Waals surface area contributed by atoms with Gasteiger partial charge in [-0.25, -0.2) is 9.67 Å². The van der Waals surface area contributed by atoms with Gasteiger partial charge < -0.3 is 5.32 Å². The second kappa shape index (κ2) is 8.55. The first kappa shape index (κ1) is 20.4. The number of amides is 1. The molecular weight excluding hydrogens is 414 g/mol. The number of nitrogens with one attached hydrogen (secondary N) is 1. The van der Waals surface area contributed by atoms with Crippen molar-refractivity contribution < 1.29 is 4.79 Å². The lowest BCUT2D eigenvalue weighted by Crippen LogP contribution is -2.24. The summed E-state index contributed by atoms with van der Waals surface area (Å²) in [6, 6.07) is 24.0. The van der Waals surface area contributed by atoms with Crippen LogP contribution < -0.4 is 10.9 Å². The van der Waals surface area contributed by atoms with E-state index in [0.29, 0.717) is 34.5 Å². The zero-order chi connectivity index (χ0) is 22.8. The number of fused-ring (bicyclic) bond motifs is 1. The molecule has 0 bridgehead atoms. The molecule has 2 aromatic heterocycles. The Labute approximate surface area is 190 Å². The van der Waals surface area contributed by atoms with Crippen molar-refractivity contribution in [3.05, 3.63) is 119 Å². The summed E-state index contributed by atoms with van der Waals surface area (Å²) in [4.78, 5) is 30.1. The van der Waals surface area contributed by atoms with Gasteiger partial charge in [0.2, 0.25) is 0 Å². The maximum atomic E-state index is 13.0. The molecule has 0 atom stereocenters. The molecule has 0 aliphatic rings. The van der Waals surface area contributed by atoms with Crippen molar-refractivity contribution in [3.8, 4) is 11.4 Å². The number of nitrogens with zero attached hydrogens (tertiary/aromatic N) is 4. The lowest BCUT2D eigenvalue weighted by Gasteiger charge is -2.11. The number of aromatic nitrogens is 4. The minimum absolute atomic E-state index is 0.134. The highest BCUT2D eigenvalue weighted by molar-refractivity contribution is 5.94. The van der Waals surface area contributed by atoms with Crippen molar-refractivity contribution in [3.63, 3.8) is 0 Å². The summed E-state index contributed by atoms with van der Waals surface area (Å²) in [5, 5.41) is 7.82. The number of rotatable bonds is 5. The van der Waals surface area contributed by atoms with Gasteiger partial charge in [-0.05, 0) is 55.5 Å². The van der Waals surface area contributed by atoms with Crippen molar-refractivity contribution in [2.24, 2.45) is 0 Å². The predicted octanol–water partition coefficient (Wildman–Crippen LogP) is 3.81. The third kappa shape index (κ3) is 4.04. The normalized spacial score (nSPS) is 10.9. The van der Waals surface area contributed by atoms with E-state index >= 15 is 0 Å². The fourth-order valence-electron chi connectivity index (χ4n) is 3.77. The molecule has 7 heteroatoms. The van der Waals surface area contributed by atoms with Crippen LogP contribution in [0.3, 0.4) is 0 Å². The molecule has 0 radical (unpaired) electrons. The van der Waals surface area contributed by atoms with E-state index in [0.717, 1.165) is 11.3 Å². The number of carbonyl (C=O) groups excluding carboxylic acids is 1. The summed E-state index contributed by atoms with van der Waals surface area (Å²) in [5.74, 6) is 0.390. The van der Waals surface area contributed by atoms with Crippen molar-refractivity contribution in [2.45, 2.75) is 13.5 Å². The van der Waals surface area contributed by atoms with E-state index in [1.165, 1.54) is 0 Å². The number of carbonyl (C=O) groups is 1. The maximum absolute atomic E-state index is 13.0. The first-order valence-corrected chi connectivity index (χ1v) is 10.6. The summed E-state index contributed by atoms with van der Waals surface area (Å²) in [6.07, 6.45) is 3.62. The van der Waals surface area contributed by atoms with Crippen LogP contribution in [0.5, 0.6) is 0 Å². The van der Waals surface area contributed by atoms with Crippen LogP contribution >= 0.6 is 0 Å². The van der Waals surface area contributed by atoms with Crippen molar-refractivity contribution >= 4 is 16.8 Å². The van der Waals surface area contributed by atoms with E-state index in [1.54, 1.807) is 52.7 Å². The average Bonchev–Trinajstić information content (AvgIpc) is 3.33. The van der Waals surface area contributed by atoms with E-state index in [-0.39, 0.29) is 11.5 Å². The Kier molecular flexibility index (Phi) is 5.28. The average molecular weight is 435 g/mol. The summed E-state index contributed by atoms with van der Waals surface area (Å²) in [7, 11) is 0. The SMILES string of the molecule is Cc1nc2ccccc2c(=O)n1-c1ccc(C(=O)NCc2cnn(-c3ccccc3)c2)cc1. The van der Waals surface area contributed by atoms with E-state index in [9.17, 15) is 9.59 Å². The molecule has 0 saturated heterocycles. The summed E-state index contributed by atoms with van der Waals surface area (Å²) in [5.41, 5.74) is 3.56. The molecule has 0 saturated carbocycles. The number of para-hydroxylation sites is 2. The molecular formula is C26H21N5O2. The van der Waals surface area contributed by atoms with Crippen LogP contribution in [0.25, 0.3) is 22.3 Å². The second-order valence-corrected chi connectivity index (χ2v) is 7.67. The number of aryl methyl sites for hydroxylation is 1. The van der Waals surface area contributed by atoms with Gasteiger partial charge in [0.05, 0.1) is 28.5 Å². The van der Waals surface area contributed by atoms with Gasteiger partial charge in [-0.15, -0.1) is 0 Å². The topological polar surface area (TPSA) is 81.8 Å². The molecule has 0 aliphatic carbocycles. The first-order valence-electron chi connectivity index (χ1n) is 10.6. The van der Waals surface area contributed by atoms with Gasteiger partial charge in [-0.1, -0.05) is 30.3 Å². The fourth-order valence-corrected chi connectivity index (χ4v) is 3.77. The third-order valence-electron chi connectivity index (χ3n) is 5.44. The quantitative estimate of drug-likeness (QED) is 0.455. The fraction of sp³-hybridized carbons (Fsp3) is 0.0769. The van der Waals surface area contributed by atoms with Crippen LogP contribution in [-0.2, 0) is 6.54 Å². The van der Waals surface area contributed by atoms with Crippen LogP contribution in [-0.4, -0.2) is 25.2 Å². The zero-order valence-electron chi connectivity index (χ0n) is 18.0. The minimum atomic E-state index is -0.199. The number of hydrogen-bond acceptors (Lipinski definition) is 4. The monoisotopic (exact) mass is 435 g/mol. The van der Waals surface area contributed by atoms with Gasteiger partial charge in [0, 0.05) is 23.9 Å². The molecule has 5 rings (SSSR count). The highest BCUT2D eigenvalue weighted by atomic mass is 16.1. The molecule has 3 aromatic carbocycles. The summed E-state index contributed by atoms with van der Waals surface area (Å²) in [6.45, 7) is 2.16. The number of benzene rings is 3. The third-order valence-corrected chi connectivity index (χ3v) is 5.44. The van der Waals surface area contributed by atoms with Gasteiger partial charge in [0.15, 0.2) is 0 Å². The van der Waals surface area contributed by atoms with E-state index in [4.69, 9.17) is 0 Å². The Hall–Kier alpha value is -4.52. The Balaban J connectivity index is 1.31. The molecule has 2 heterocycles. The molecule has 0 aliphatic heterocycles. The van der Waals surface area contributed by atoms with Crippen LogP contribution in [0.1, 0.15) is 21.7 Å². The Morgan fingerprint density at radius 3 is 2.42 bits per heavy atom. The van der Waals surface area contributed by atoms with E-state index < -0.39 is 0 Å². The Bertz CT molecular complexity index is 1500. The smallest absolute Gasteiger partial charge is 0.265 e. The molecule has 0 unspecified atom stereocenters. The lowest BCUT2D eigenvalue weighted by atomic mass is 10.1. The van der Waals surface area contributed by atoms with Crippen molar-refractivity contribution in [1.82, 2.24) is 24.6 Å². The highest BCUT2D eigenvalue weighted by Gasteiger charge is 2.11. The number of hydrogen-bond donors (Lipinski definition) is 1. The molecule has 7 nitrogen and oxygen atoms in total. The van der Waals surface area contributed by atoms with Gasteiger partial charge in [-0.2, -0.15) is 5.10 Å². The predicted molar refractivity (Wildman–Crippen MR) is 127 cm³/mol. The zero-order valence-corrected chi connectivity index (χ0v) is 18.0. The molecule has 0 fully saturated rings. The van der Waals surface area contributed by atoms with E-state index in [2.05, 4.69) is 15.4 Å². The van der Waals surface area contributed by atoms with Gasteiger partial charge in [0.25, 0.3) is 11.5 Å². The summed E-state index contributed by atoms with van der Waals surface area (Å²) < 4.78 is 3.33. The van der Waals surface area contributed by atoms with Gasteiger partial charge >= 0.3 is 0 Å². The van der Waals surface area contributed by atoms with E-state index in [1.807, 2.05) is 54.7 Å². The van der Waals surface area contributed by atoms with Crippen LogP contribution in [0.4, 0.5) is 0 Å². The van der Waals surface area contributed by atoms with Crippen LogP contribution in [0.2, 0.25) is 0 Å². The van der Waals surface area contributed by atoms with Crippen molar-refractivity contribution in [1.29, 1.82) is 0 Å². The second-order valence-electron chi connectivity index (χ2n) is 7.67. The van der Waals surface area contributed by atoms with Crippen molar-refractivity contribution in [2.75, 3.05) is 0 Å². The molecule has 1 amide bonds. The van der Waals surface area contributed by atoms with Crippen LogP contribution in [0, 0.1) is 6.92 Å². The first-order chi connectivity index (χ1) is 16.1. The van der Waals surface area contributed by atoms with Crippen LogP contribution in [0.15, 0.2) is 96.1 Å². The molecule has 5 aromatic rings. The maximum Gasteiger partial charge on any atom is 0.265 e. The minimum Gasteiger partial charge on any atom is -0.348 e. The molecule has 1 N–H and O–H groups in total. The Morgan fingerprint density at radius 1 is 0.909 bits per heavy atom. The summed E-state index contributed by atoms with van der Waals surface area (Å²) >= 11 is 0. The highest BCUT2D eigenvalue weighted by Crippen LogP contribution is 2.14. The Morgan fingerprint density at radius 2 is 1.64 bits per heavy atom. The largest absolute Gasteiger partial charge is 0.348 e. The standard InChI is InChI=1S/C26H21N5O2/c1-18-29-24-10-6-5-9-23(24)26(33)31(18)22-13-11-20(12-14-22)25(32)27-15-19-16-28-30(17-19)21-7-3-2-4-8-21/h2-14,16-17H,15H2,1H3,(H,27,32). The lowest BCUT2D eigenvalue weighted by molar-refractivity contribution is 0.0951. The molecule has 162 valence electrons. The molecule has 33 heavy (non-hydrogen) atoms. The van der Waals surface area contributed by atoms with Gasteiger partial charge in [-0.3, -0.25) is 14.2 Å². The van der Waals surface area contributed by atoms with Gasteiger partial charge in [0.1, 0.15) is 5.82 Å².